The highest BCUT2D eigenvalue weighted by atomic mass is 15.2. The molecular formula is C57H37N5. The van der Waals surface area contributed by atoms with Crippen LogP contribution in [0.3, 0.4) is 0 Å². The Bertz CT molecular complexity index is 3570. The highest BCUT2D eigenvalue weighted by molar-refractivity contribution is 6.24. The van der Waals surface area contributed by atoms with Crippen LogP contribution in [-0.2, 0) is 0 Å². The Morgan fingerprint density at radius 3 is 1.29 bits per heavy atom. The van der Waals surface area contributed by atoms with Gasteiger partial charge in [0, 0.05) is 38.2 Å². The number of hydrogen-bond donors (Lipinski definition) is 0. The van der Waals surface area contributed by atoms with Crippen molar-refractivity contribution in [3.05, 3.63) is 224 Å². The monoisotopic (exact) mass is 791 g/mol. The van der Waals surface area contributed by atoms with E-state index in [9.17, 15) is 0 Å². The molecular weight excluding hydrogens is 755 g/mol. The molecule has 0 bridgehead atoms. The minimum Gasteiger partial charge on any atom is -0.307 e. The maximum absolute atomic E-state index is 5.30. The molecule has 0 fully saturated rings. The molecule has 62 heavy (non-hydrogen) atoms. The third-order valence-corrected chi connectivity index (χ3v) is 12.0. The number of para-hydroxylation sites is 3. The molecule has 3 heterocycles. The standard InChI is InChI=1S/C57H37N5/c1-4-18-38(19-5-1)41-24-16-25-42(36-41)43-26-17-27-44(37-43)45-28-10-13-31-50(45)61-51-32-14-11-29-46(51)48-34-35-49-47-30-12-15-33-52(47)62(54(49)53(48)61)57-59-55(39-20-6-2-7-21-39)58-56(60-57)40-22-8-3-9-23-40/h1-37H. The lowest BCUT2D eigenvalue weighted by Crippen LogP contribution is -2.07. The van der Waals surface area contributed by atoms with Crippen LogP contribution in [0.4, 0.5) is 0 Å². The highest BCUT2D eigenvalue weighted by Crippen LogP contribution is 2.43. The molecule has 12 aromatic rings. The molecule has 0 amide bonds. The van der Waals surface area contributed by atoms with E-state index in [2.05, 4.69) is 197 Å². The molecule has 0 aliphatic carbocycles. The molecule has 0 atom stereocenters. The second kappa shape index (κ2) is 14.7. The zero-order valence-electron chi connectivity index (χ0n) is 33.6. The quantitative estimate of drug-likeness (QED) is 0.162. The van der Waals surface area contributed by atoms with Gasteiger partial charge in [0.05, 0.1) is 27.8 Å². The summed E-state index contributed by atoms with van der Waals surface area (Å²) < 4.78 is 4.71. The Balaban J connectivity index is 1.13. The Hall–Kier alpha value is -8.41. The molecule has 5 nitrogen and oxygen atoms in total. The minimum absolute atomic E-state index is 0.562. The van der Waals surface area contributed by atoms with E-state index in [0.717, 1.165) is 71.7 Å². The lowest BCUT2D eigenvalue weighted by atomic mass is 9.95. The second-order valence-electron chi connectivity index (χ2n) is 15.6. The summed E-state index contributed by atoms with van der Waals surface area (Å²) in [6, 6.07) is 79.4. The third kappa shape index (κ3) is 5.90. The van der Waals surface area contributed by atoms with Gasteiger partial charge in [-0.15, -0.1) is 0 Å². The molecule has 0 radical (unpaired) electrons. The number of hydrogen-bond acceptors (Lipinski definition) is 3. The maximum Gasteiger partial charge on any atom is 0.238 e. The summed E-state index contributed by atoms with van der Waals surface area (Å²) in [5.41, 5.74) is 14.2. The summed E-state index contributed by atoms with van der Waals surface area (Å²) in [6.07, 6.45) is 0. The molecule has 5 heteroatoms. The van der Waals surface area contributed by atoms with Gasteiger partial charge in [-0.3, -0.25) is 4.57 Å². The van der Waals surface area contributed by atoms with Gasteiger partial charge in [-0.1, -0.05) is 194 Å². The van der Waals surface area contributed by atoms with Gasteiger partial charge in [0.2, 0.25) is 5.95 Å². The zero-order valence-corrected chi connectivity index (χ0v) is 33.6. The van der Waals surface area contributed by atoms with E-state index < -0.39 is 0 Å². The molecule has 0 aliphatic rings. The number of fused-ring (bicyclic) bond motifs is 7. The predicted molar refractivity (Wildman–Crippen MR) is 256 cm³/mol. The van der Waals surface area contributed by atoms with Crippen molar-refractivity contribution in [3.8, 4) is 67.8 Å². The number of nitrogens with zero attached hydrogens (tertiary/aromatic N) is 5. The molecule has 0 unspecified atom stereocenters. The molecule has 290 valence electrons. The van der Waals surface area contributed by atoms with Crippen LogP contribution in [0, 0.1) is 0 Å². The summed E-state index contributed by atoms with van der Waals surface area (Å²) in [4.78, 5) is 15.7. The first-order valence-electron chi connectivity index (χ1n) is 21.0. The van der Waals surface area contributed by atoms with E-state index in [4.69, 9.17) is 15.0 Å². The van der Waals surface area contributed by atoms with Gasteiger partial charge >= 0.3 is 0 Å². The molecule has 3 aromatic heterocycles. The summed E-state index contributed by atoms with van der Waals surface area (Å²) >= 11 is 0. The number of aromatic nitrogens is 5. The van der Waals surface area contributed by atoms with Gasteiger partial charge in [0.25, 0.3) is 0 Å². The smallest absolute Gasteiger partial charge is 0.238 e. The van der Waals surface area contributed by atoms with Gasteiger partial charge in [0.15, 0.2) is 11.6 Å². The van der Waals surface area contributed by atoms with Gasteiger partial charge in [-0.25, -0.2) is 4.98 Å². The first kappa shape index (κ1) is 35.5. The number of rotatable bonds is 7. The van der Waals surface area contributed by atoms with Crippen LogP contribution in [0.25, 0.3) is 111 Å². The van der Waals surface area contributed by atoms with Crippen molar-refractivity contribution in [2.24, 2.45) is 0 Å². The molecule has 0 aliphatic heterocycles. The van der Waals surface area contributed by atoms with Crippen molar-refractivity contribution in [2.75, 3.05) is 0 Å². The summed E-state index contributed by atoms with van der Waals surface area (Å²) in [7, 11) is 0. The first-order chi connectivity index (χ1) is 30.8. The van der Waals surface area contributed by atoms with Crippen molar-refractivity contribution in [3.63, 3.8) is 0 Å². The lowest BCUT2D eigenvalue weighted by Gasteiger charge is -2.16. The largest absolute Gasteiger partial charge is 0.307 e. The fourth-order valence-electron chi connectivity index (χ4n) is 9.14. The van der Waals surface area contributed by atoms with E-state index >= 15 is 0 Å². The number of benzene rings is 9. The zero-order chi connectivity index (χ0) is 41.0. The first-order valence-corrected chi connectivity index (χ1v) is 21.0. The van der Waals surface area contributed by atoms with Crippen LogP contribution in [0.1, 0.15) is 0 Å². The van der Waals surface area contributed by atoms with Gasteiger partial charge in [0.1, 0.15) is 0 Å². The predicted octanol–water partition coefficient (Wildman–Crippen LogP) is 14.4. The van der Waals surface area contributed by atoms with Crippen molar-refractivity contribution >= 4 is 43.6 Å². The topological polar surface area (TPSA) is 48.5 Å². The Kier molecular flexibility index (Phi) is 8.42. The molecule has 12 rings (SSSR count). The Morgan fingerprint density at radius 1 is 0.274 bits per heavy atom. The normalized spacial score (nSPS) is 11.5. The average molecular weight is 792 g/mol. The molecule has 0 saturated carbocycles. The van der Waals surface area contributed by atoms with E-state index in [1.165, 1.54) is 22.1 Å². The van der Waals surface area contributed by atoms with Crippen LogP contribution in [0.5, 0.6) is 0 Å². The summed E-state index contributed by atoms with van der Waals surface area (Å²) in [5.74, 6) is 1.80. The Morgan fingerprint density at radius 2 is 0.694 bits per heavy atom. The average Bonchev–Trinajstić information content (AvgIpc) is 3.88. The summed E-state index contributed by atoms with van der Waals surface area (Å²) in [5, 5.41) is 4.58. The van der Waals surface area contributed by atoms with Crippen LogP contribution >= 0.6 is 0 Å². The van der Waals surface area contributed by atoms with Crippen molar-refractivity contribution in [1.29, 1.82) is 0 Å². The van der Waals surface area contributed by atoms with Gasteiger partial charge in [-0.05, 0) is 58.1 Å². The van der Waals surface area contributed by atoms with Crippen LogP contribution < -0.4 is 0 Å². The van der Waals surface area contributed by atoms with Crippen molar-refractivity contribution in [2.45, 2.75) is 0 Å². The second-order valence-corrected chi connectivity index (χ2v) is 15.6. The van der Waals surface area contributed by atoms with Crippen LogP contribution in [0.15, 0.2) is 224 Å². The SMILES string of the molecule is c1ccc(-c2cccc(-c3cccc(-c4ccccc4-n4c5ccccc5c5ccc6c7ccccc7n(-c7nc(-c8ccccc8)nc(-c8ccccc8)n7)c6c54)c3)c2)cc1. The van der Waals surface area contributed by atoms with E-state index in [1.807, 2.05) is 36.4 Å². The Labute approximate surface area is 358 Å². The maximum atomic E-state index is 5.30. The van der Waals surface area contributed by atoms with Gasteiger partial charge < -0.3 is 4.57 Å². The van der Waals surface area contributed by atoms with E-state index in [0.29, 0.717) is 17.6 Å². The molecule has 0 spiro atoms. The lowest BCUT2D eigenvalue weighted by molar-refractivity contribution is 0.953. The summed E-state index contributed by atoms with van der Waals surface area (Å²) in [6.45, 7) is 0. The van der Waals surface area contributed by atoms with Crippen LogP contribution in [-0.4, -0.2) is 24.1 Å². The molecule has 0 saturated heterocycles. The van der Waals surface area contributed by atoms with E-state index in [-0.39, 0.29) is 0 Å². The third-order valence-electron chi connectivity index (χ3n) is 12.0. The van der Waals surface area contributed by atoms with Crippen molar-refractivity contribution < 1.29 is 0 Å². The highest BCUT2D eigenvalue weighted by Gasteiger charge is 2.24. The van der Waals surface area contributed by atoms with Crippen molar-refractivity contribution in [1.82, 2.24) is 24.1 Å². The fourth-order valence-corrected chi connectivity index (χ4v) is 9.14. The van der Waals surface area contributed by atoms with Gasteiger partial charge in [-0.2, -0.15) is 9.97 Å². The van der Waals surface area contributed by atoms with E-state index in [1.54, 1.807) is 0 Å². The molecule has 9 aromatic carbocycles. The fraction of sp³-hybridized carbons (Fsp3) is 0. The minimum atomic E-state index is 0.562. The van der Waals surface area contributed by atoms with Crippen LogP contribution in [0.2, 0.25) is 0 Å². The molecule has 0 N–H and O–H groups in total.